The van der Waals surface area contributed by atoms with E-state index in [1.165, 1.54) is 17.0 Å². The molecule has 39 heavy (non-hydrogen) atoms. The number of amides is 1. The van der Waals surface area contributed by atoms with Crippen LogP contribution in [0.5, 0.6) is 17.2 Å². The van der Waals surface area contributed by atoms with Crippen molar-refractivity contribution >= 4 is 23.1 Å². The van der Waals surface area contributed by atoms with Gasteiger partial charge in [0.05, 0.1) is 24.8 Å². The Hall–Kier alpha value is -4.26. The van der Waals surface area contributed by atoms with Crippen molar-refractivity contribution in [3.8, 4) is 17.2 Å². The first kappa shape index (κ1) is 27.8. The van der Waals surface area contributed by atoms with Crippen LogP contribution in [-0.4, -0.2) is 35.1 Å². The minimum absolute atomic E-state index is 0.0216. The summed E-state index contributed by atoms with van der Waals surface area (Å²) in [7, 11) is 0. The molecule has 1 amide bonds. The zero-order chi connectivity index (χ0) is 28.5. The Labute approximate surface area is 229 Å². The van der Waals surface area contributed by atoms with Crippen molar-refractivity contribution in [2.24, 2.45) is 0 Å². The van der Waals surface area contributed by atoms with Crippen molar-refractivity contribution in [1.82, 2.24) is 0 Å². The molecule has 2 N–H and O–H groups in total. The van der Waals surface area contributed by atoms with Gasteiger partial charge in [-0.05, 0) is 73.2 Å². The number of aliphatic hydroxyl groups excluding tert-OH is 1. The third-order valence-corrected chi connectivity index (χ3v) is 6.82. The maximum absolute atomic E-state index is 13.6. The predicted octanol–water partition coefficient (Wildman–Crippen LogP) is 6.42. The first-order valence-electron chi connectivity index (χ1n) is 13.1. The number of aliphatic hydroxyl groups is 1. The average Bonchev–Trinajstić information content (AvgIpc) is 3.15. The molecule has 7 nitrogen and oxygen atoms in total. The zero-order valence-corrected chi connectivity index (χ0v) is 23.2. The highest BCUT2D eigenvalue weighted by Crippen LogP contribution is 2.45. The third kappa shape index (κ3) is 5.35. The maximum atomic E-state index is 13.6. The van der Waals surface area contributed by atoms with Crippen molar-refractivity contribution in [1.29, 1.82) is 0 Å². The topological polar surface area (TPSA) is 96.3 Å². The SMILES string of the molecule is CCOc1ccc(N2C(=O)C(=O)/C(=C(/O)c3cc(C(C)(C)C)ccc3C)C2c2ccc(O)cc2)cc1OCC. The molecule has 0 bridgehead atoms. The van der Waals surface area contributed by atoms with Crippen molar-refractivity contribution in [3.05, 3.63) is 88.5 Å². The van der Waals surface area contributed by atoms with Crippen LogP contribution in [0.3, 0.4) is 0 Å². The minimum atomic E-state index is -0.935. The predicted molar refractivity (Wildman–Crippen MR) is 152 cm³/mol. The summed E-state index contributed by atoms with van der Waals surface area (Å²) < 4.78 is 11.4. The molecular formula is C32H35NO6. The van der Waals surface area contributed by atoms with Crippen LogP contribution in [0.2, 0.25) is 0 Å². The van der Waals surface area contributed by atoms with E-state index in [1.54, 1.807) is 30.3 Å². The molecule has 3 aromatic rings. The van der Waals surface area contributed by atoms with Crippen LogP contribution in [-0.2, 0) is 15.0 Å². The number of aryl methyl sites for hydroxylation is 1. The lowest BCUT2D eigenvalue weighted by Gasteiger charge is -2.26. The van der Waals surface area contributed by atoms with E-state index in [4.69, 9.17) is 9.47 Å². The number of hydrogen-bond acceptors (Lipinski definition) is 6. The van der Waals surface area contributed by atoms with Crippen LogP contribution in [0.4, 0.5) is 5.69 Å². The molecule has 0 radical (unpaired) electrons. The Bertz CT molecular complexity index is 1430. The highest BCUT2D eigenvalue weighted by atomic mass is 16.5. The lowest BCUT2D eigenvalue weighted by atomic mass is 9.84. The van der Waals surface area contributed by atoms with Gasteiger partial charge in [0.2, 0.25) is 0 Å². The van der Waals surface area contributed by atoms with E-state index in [2.05, 4.69) is 20.8 Å². The number of carbonyl (C=O) groups excluding carboxylic acids is 2. The van der Waals surface area contributed by atoms with Crippen molar-refractivity contribution < 1.29 is 29.3 Å². The van der Waals surface area contributed by atoms with Crippen LogP contribution in [0.25, 0.3) is 5.76 Å². The van der Waals surface area contributed by atoms with Crippen LogP contribution in [0.1, 0.15) is 62.9 Å². The summed E-state index contributed by atoms with van der Waals surface area (Å²) in [5.74, 6) is -0.797. The minimum Gasteiger partial charge on any atom is -0.508 e. The number of anilines is 1. The first-order valence-corrected chi connectivity index (χ1v) is 13.1. The summed E-state index contributed by atoms with van der Waals surface area (Å²) >= 11 is 0. The molecule has 0 aliphatic carbocycles. The highest BCUT2D eigenvalue weighted by molar-refractivity contribution is 6.51. The van der Waals surface area contributed by atoms with Gasteiger partial charge in [0.15, 0.2) is 11.5 Å². The van der Waals surface area contributed by atoms with Crippen molar-refractivity contribution in [3.63, 3.8) is 0 Å². The second kappa shape index (κ2) is 10.8. The molecule has 3 aromatic carbocycles. The number of Topliss-reactive ketones (excluding diaryl/α,β-unsaturated/α-hetero) is 1. The molecule has 1 saturated heterocycles. The van der Waals surface area contributed by atoms with E-state index >= 15 is 0 Å². The molecule has 1 aliphatic heterocycles. The van der Waals surface area contributed by atoms with E-state index in [0.717, 1.165) is 11.1 Å². The van der Waals surface area contributed by atoms with E-state index in [0.29, 0.717) is 41.5 Å². The van der Waals surface area contributed by atoms with E-state index < -0.39 is 17.7 Å². The first-order chi connectivity index (χ1) is 18.5. The summed E-state index contributed by atoms with van der Waals surface area (Å²) in [4.78, 5) is 28.6. The number of phenolic OH excluding ortho intramolecular Hbond substituents is 1. The van der Waals surface area contributed by atoms with Gasteiger partial charge >= 0.3 is 0 Å². The van der Waals surface area contributed by atoms with Gasteiger partial charge < -0.3 is 19.7 Å². The van der Waals surface area contributed by atoms with Crippen LogP contribution in [0.15, 0.2) is 66.2 Å². The Morgan fingerprint density at radius 2 is 1.54 bits per heavy atom. The van der Waals surface area contributed by atoms with E-state index in [9.17, 15) is 19.8 Å². The summed E-state index contributed by atoms with van der Waals surface area (Å²) in [5.41, 5.74) is 3.02. The largest absolute Gasteiger partial charge is 0.508 e. The van der Waals surface area contributed by atoms with Gasteiger partial charge in [0, 0.05) is 17.3 Å². The fourth-order valence-electron chi connectivity index (χ4n) is 4.75. The molecule has 0 aromatic heterocycles. The second-order valence-corrected chi connectivity index (χ2v) is 10.5. The lowest BCUT2D eigenvalue weighted by molar-refractivity contribution is -0.132. The summed E-state index contributed by atoms with van der Waals surface area (Å²) in [6.07, 6.45) is 0. The van der Waals surface area contributed by atoms with Crippen LogP contribution in [0, 0.1) is 6.92 Å². The summed E-state index contributed by atoms with van der Waals surface area (Å²) in [6.45, 7) is 12.6. The van der Waals surface area contributed by atoms with Gasteiger partial charge in [-0.3, -0.25) is 14.5 Å². The van der Waals surface area contributed by atoms with Crippen molar-refractivity contribution in [2.75, 3.05) is 18.1 Å². The highest BCUT2D eigenvalue weighted by Gasteiger charge is 2.47. The Morgan fingerprint density at radius 3 is 2.15 bits per heavy atom. The van der Waals surface area contributed by atoms with Gasteiger partial charge in [-0.25, -0.2) is 0 Å². The third-order valence-electron chi connectivity index (χ3n) is 6.82. The van der Waals surface area contributed by atoms with E-state index in [1.807, 2.05) is 39.0 Å². The zero-order valence-electron chi connectivity index (χ0n) is 23.2. The number of hydrogen-bond donors (Lipinski definition) is 2. The fourth-order valence-corrected chi connectivity index (χ4v) is 4.75. The molecule has 204 valence electrons. The van der Waals surface area contributed by atoms with Gasteiger partial charge in [0.1, 0.15) is 11.5 Å². The van der Waals surface area contributed by atoms with Gasteiger partial charge in [0.25, 0.3) is 11.7 Å². The number of benzene rings is 3. The molecule has 1 aliphatic rings. The fraction of sp³-hybridized carbons (Fsp3) is 0.312. The number of ether oxygens (including phenoxy) is 2. The van der Waals surface area contributed by atoms with Crippen LogP contribution >= 0.6 is 0 Å². The average molecular weight is 530 g/mol. The molecule has 0 saturated carbocycles. The normalized spacial score (nSPS) is 17.0. The molecule has 0 spiro atoms. The number of ketones is 1. The molecule has 1 heterocycles. The summed E-state index contributed by atoms with van der Waals surface area (Å²) in [6, 6.07) is 16.2. The molecular weight excluding hydrogens is 494 g/mol. The lowest BCUT2D eigenvalue weighted by Crippen LogP contribution is -2.29. The van der Waals surface area contributed by atoms with Gasteiger partial charge in [-0.15, -0.1) is 0 Å². The number of carbonyl (C=O) groups is 2. The maximum Gasteiger partial charge on any atom is 0.300 e. The van der Waals surface area contributed by atoms with Gasteiger partial charge in [-0.1, -0.05) is 45.0 Å². The molecule has 7 heteroatoms. The second-order valence-electron chi connectivity index (χ2n) is 10.5. The molecule has 1 fully saturated rings. The number of phenols is 1. The van der Waals surface area contributed by atoms with Gasteiger partial charge in [-0.2, -0.15) is 0 Å². The van der Waals surface area contributed by atoms with Crippen molar-refractivity contribution in [2.45, 2.75) is 53.0 Å². The summed E-state index contributed by atoms with van der Waals surface area (Å²) in [5, 5.41) is 21.6. The van der Waals surface area contributed by atoms with Crippen LogP contribution < -0.4 is 14.4 Å². The smallest absolute Gasteiger partial charge is 0.300 e. The Kier molecular flexibility index (Phi) is 7.72. The molecule has 1 atom stereocenters. The number of rotatable bonds is 7. The standard InChI is InChI=1S/C32H35NO6/c1-7-38-25-16-13-22(18-26(25)39-8-2)33-28(20-10-14-23(34)15-11-20)27(30(36)31(33)37)29(35)24-17-21(32(4,5)6)12-9-19(24)3/h9-18,28,34-35H,7-8H2,1-6H3/b29-27+. The quantitative estimate of drug-likeness (QED) is 0.208. The number of nitrogens with zero attached hydrogens (tertiary/aromatic N) is 1. The Balaban J connectivity index is 1.96. The van der Waals surface area contributed by atoms with E-state index in [-0.39, 0.29) is 22.5 Å². The molecule has 4 rings (SSSR count). The Morgan fingerprint density at radius 1 is 0.897 bits per heavy atom. The number of aromatic hydroxyl groups is 1. The molecule has 1 unspecified atom stereocenters. The monoisotopic (exact) mass is 529 g/mol.